The van der Waals surface area contributed by atoms with Crippen LogP contribution in [0, 0.1) is 0 Å². The Labute approximate surface area is 144 Å². The molecule has 0 fully saturated rings. The van der Waals surface area contributed by atoms with Gasteiger partial charge in [0.25, 0.3) is 0 Å². The molecule has 0 aliphatic rings. The van der Waals surface area contributed by atoms with Gasteiger partial charge in [-0.3, -0.25) is 14.6 Å². The second-order valence-corrected chi connectivity index (χ2v) is 4.83. The van der Waals surface area contributed by atoms with Gasteiger partial charge in [-0.05, 0) is 23.8 Å². The lowest BCUT2D eigenvalue weighted by molar-refractivity contribution is -0.139. The highest BCUT2D eigenvalue weighted by Crippen LogP contribution is 2.29. The van der Waals surface area contributed by atoms with Gasteiger partial charge in [-0.2, -0.15) is 5.10 Å². The van der Waals surface area contributed by atoms with Crippen LogP contribution in [0.5, 0.6) is 11.5 Å². The summed E-state index contributed by atoms with van der Waals surface area (Å²) in [4.78, 5) is 27.4. The Morgan fingerprint density at radius 2 is 2.00 bits per heavy atom. The number of nitrogens with one attached hydrogen (secondary N) is 2. The van der Waals surface area contributed by atoms with Gasteiger partial charge in [0.05, 0.1) is 20.4 Å². The van der Waals surface area contributed by atoms with E-state index in [9.17, 15) is 9.59 Å². The summed E-state index contributed by atoms with van der Waals surface area (Å²) in [5.74, 6) is -0.656. The number of hydrogen-bond donors (Lipinski definition) is 2. The number of para-hydroxylation sites is 1. The van der Waals surface area contributed by atoms with Crippen molar-refractivity contribution in [2.24, 2.45) is 5.10 Å². The summed E-state index contributed by atoms with van der Waals surface area (Å²) in [7, 11) is 3.02. The predicted octanol–water partition coefficient (Wildman–Crippen LogP) is 0.865. The van der Waals surface area contributed by atoms with E-state index in [1.165, 1.54) is 20.4 Å². The van der Waals surface area contributed by atoms with Crippen molar-refractivity contribution >= 4 is 18.0 Å². The number of carbonyl (C=O) groups excluding carboxylic acids is 2. The van der Waals surface area contributed by atoms with E-state index in [1.807, 2.05) is 0 Å². The molecule has 0 saturated heterocycles. The fourth-order valence-electron chi connectivity index (χ4n) is 1.99. The van der Waals surface area contributed by atoms with E-state index in [4.69, 9.17) is 9.47 Å². The number of carbonyl (C=O) groups is 2. The molecule has 130 valence electrons. The number of aromatic nitrogens is 1. The van der Waals surface area contributed by atoms with Crippen LogP contribution < -0.4 is 20.2 Å². The standard InChI is InChI=1S/C17H18N4O4/c1-24-14-7-3-6-13(15(14)25-2)11-20-21-17(23)16(22)19-10-12-5-4-8-18-9-12/h3-9,11H,10H2,1-2H3,(H,19,22)(H,21,23)/b20-11+. The second kappa shape index (κ2) is 9.02. The summed E-state index contributed by atoms with van der Waals surface area (Å²) >= 11 is 0. The smallest absolute Gasteiger partial charge is 0.329 e. The van der Waals surface area contributed by atoms with E-state index >= 15 is 0 Å². The van der Waals surface area contributed by atoms with Gasteiger partial charge in [0.1, 0.15) is 0 Å². The molecule has 0 saturated carbocycles. The molecule has 2 aromatic rings. The van der Waals surface area contributed by atoms with Crippen molar-refractivity contribution in [2.45, 2.75) is 6.54 Å². The molecule has 1 heterocycles. The van der Waals surface area contributed by atoms with Gasteiger partial charge in [-0.15, -0.1) is 0 Å². The van der Waals surface area contributed by atoms with Crippen molar-refractivity contribution < 1.29 is 19.1 Å². The Bertz CT molecular complexity index is 762. The maximum absolute atomic E-state index is 11.7. The molecule has 0 radical (unpaired) electrons. The zero-order valence-corrected chi connectivity index (χ0v) is 13.9. The largest absolute Gasteiger partial charge is 0.493 e. The Balaban J connectivity index is 1.91. The van der Waals surface area contributed by atoms with E-state index in [2.05, 4.69) is 20.8 Å². The van der Waals surface area contributed by atoms with Crippen LogP contribution in [0.25, 0.3) is 0 Å². The molecule has 2 N–H and O–H groups in total. The fourth-order valence-corrected chi connectivity index (χ4v) is 1.99. The highest BCUT2D eigenvalue weighted by molar-refractivity contribution is 6.35. The molecule has 0 unspecified atom stereocenters. The lowest BCUT2D eigenvalue weighted by Gasteiger charge is -2.09. The summed E-state index contributed by atoms with van der Waals surface area (Å²) in [5.41, 5.74) is 3.54. The molecular formula is C17H18N4O4. The zero-order valence-electron chi connectivity index (χ0n) is 13.9. The van der Waals surface area contributed by atoms with Gasteiger partial charge < -0.3 is 14.8 Å². The normalized spacial score (nSPS) is 10.3. The van der Waals surface area contributed by atoms with Gasteiger partial charge in [0.15, 0.2) is 11.5 Å². The Kier molecular flexibility index (Phi) is 6.47. The van der Waals surface area contributed by atoms with Gasteiger partial charge in [-0.25, -0.2) is 5.43 Å². The summed E-state index contributed by atoms with van der Waals surface area (Å²) in [6.07, 6.45) is 4.60. The average molecular weight is 342 g/mol. The summed E-state index contributed by atoms with van der Waals surface area (Å²) < 4.78 is 10.4. The monoisotopic (exact) mass is 342 g/mol. The molecule has 0 aliphatic heterocycles. The number of pyridine rings is 1. The average Bonchev–Trinajstić information content (AvgIpc) is 2.66. The number of amides is 2. The quantitative estimate of drug-likeness (QED) is 0.461. The van der Waals surface area contributed by atoms with Crippen LogP contribution in [0.4, 0.5) is 0 Å². The van der Waals surface area contributed by atoms with Crippen LogP contribution in [-0.4, -0.2) is 37.2 Å². The molecule has 0 bridgehead atoms. The molecule has 2 amide bonds. The van der Waals surface area contributed by atoms with Crippen LogP contribution >= 0.6 is 0 Å². The van der Waals surface area contributed by atoms with Crippen molar-refractivity contribution in [1.29, 1.82) is 0 Å². The van der Waals surface area contributed by atoms with Crippen LogP contribution in [0.2, 0.25) is 0 Å². The van der Waals surface area contributed by atoms with Crippen molar-refractivity contribution in [3.63, 3.8) is 0 Å². The number of rotatable bonds is 6. The second-order valence-electron chi connectivity index (χ2n) is 4.83. The third-order valence-electron chi connectivity index (χ3n) is 3.19. The third kappa shape index (κ3) is 5.03. The molecule has 8 nitrogen and oxygen atoms in total. The molecule has 8 heteroatoms. The number of ether oxygens (including phenoxy) is 2. The predicted molar refractivity (Wildman–Crippen MR) is 91.4 cm³/mol. The minimum atomic E-state index is -0.873. The van der Waals surface area contributed by atoms with E-state index < -0.39 is 11.8 Å². The number of hydrazone groups is 1. The van der Waals surface area contributed by atoms with Gasteiger partial charge in [0.2, 0.25) is 0 Å². The molecular weight excluding hydrogens is 324 g/mol. The van der Waals surface area contributed by atoms with Gasteiger partial charge in [-0.1, -0.05) is 12.1 Å². The maximum atomic E-state index is 11.7. The number of methoxy groups -OCH3 is 2. The lowest BCUT2D eigenvalue weighted by Crippen LogP contribution is -2.37. The minimum absolute atomic E-state index is 0.202. The highest BCUT2D eigenvalue weighted by Gasteiger charge is 2.12. The molecule has 0 aliphatic carbocycles. The molecule has 0 atom stereocenters. The maximum Gasteiger partial charge on any atom is 0.329 e. The van der Waals surface area contributed by atoms with Gasteiger partial charge in [0, 0.05) is 24.5 Å². The Hall–Kier alpha value is -3.42. The molecule has 25 heavy (non-hydrogen) atoms. The van der Waals surface area contributed by atoms with Crippen LogP contribution in [-0.2, 0) is 16.1 Å². The first kappa shape index (κ1) is 17.9. The highest BCUT2D eigenvalue weighted by atomic mass is 16.5. The number of hydrogen-bond acceptors (Lipinski definition) is 6. The third-order valence-corrected chi connectivity index (χ3v) is 3.19. The number of benzene rings is 1. The Morgan fingerprint density at radius 3 is 2.68 bits per heavy atom. The SMILES string of the molecule is COc1cccc(/C=N/NC(=O)C(=O)NCc2cccnc2)c1OC. The van der Waals surface area contributed by atoms with Crippen LogP contribution in [0.1, 0.15) is 11.1 Å². The summed E-state index contributed by atoms with van der Waals surface area (Å²) in [6, 6.07) is 8.76. The fraction of sp³-hybridized carbons (Fsp3) is 0.176. The molecule has 2 rings (SSSR count). The van der Waals surface area contributed by atoms with E-state index in [0.717, 1.165) is 5.56 Å². The van der Waals surface area contributed by atoms with Crippen molar-refractivity contribution in [3.8, 4) is 11.5 Å². The van der Waals surface area contributed by atoms with Crippen molar-refractivity contribution in [1.82, 2.24) is 15.7 Å². The minimum Gasteiger partial charge on any atom is -0.493 e. The summed E-state index contributed by atoms with van der Waals surface area (Å²) in [6.45, 7) is 0.202. The first-order valence-electron chi connectivity index (χ1n) is 7.37. The van der Waals surface area contributed by atoms with Gasteiger partial charge >= 0.3 is 11.8 Å². The zero-order chi connectivity index (χ0) is 18.1. The Morgan fingerprint density at radius 1 is 1.16 bits per heavy atom. The van der Waals surface area contributed by atoms with E-state index in [-0.39, 0.29) is 6.54 Å². The van der Waals surface area contributed by atoms with Crippen LogP contribution in [0.15, 0.2) is 47.8 Å². The van der Waals surface area contributed by atoms with E-state index in [1.54, 1.807) is 42.7 Å². The first-order chi connectivity index (χ1) is 12.2. The summed E-state index contributed by atoms with van der Waals surface area (Å²) in [5, 5.41) is 6.25. The topological polar surface area (TPSA) is 102 Å². The van der Waals surface area contributed by atoms with Crippen molar-refractivity contribution in [3.05, 3.63) is 53.9 Å². The number of nitrogens with zero attached hydrogens (tertiary/aromatic N) is 2. The van der Waals surface area contributed by atoms with Crippen LogP contribution in [0.3, 0.4) is 0 Å². The molecule has 0 spiro atoms. The first-order valence-corrected chi connectivity index (χ1v) is 7.37. The van der Waals surface area contributed by atoms with E-state index in [0.29, 0.717) is 17.1 Å². The lowest BCUT2D eigenvalue weighted by atomic mass is 10.2. The molecule has 1 aromatic heterocycles. The van der Waals surface area contributed by atoms with Crippen molar-refractivity contribution in [2.75, 3.05) is 14.2 Å². The molecule has 1 aromatic carbocycles.